The van der Waals surface area contributed by atoms with Crippen LogP contribution in [0.3, 0.4) is 0 Å². The van der Waals surface area contributed by atoms with Crippen LogP contribution in [-0.2, 0) is 19.4 Å². The zero-order valence-corrected chi connectivity index (χ0v) is 12.6. The Morgan fingerprint density at radius 2 is 1.76 bits per heavy atom. The molecule has 0 aromatic heterocycles. The topological polar surface area (TPSA) is 23.5 Å². The summed E-state index contributed by atoms with van der Waals surface area (Å²) in [6.45, 7) is 4.56. The van der Waals surface area contributed by atoms with Crippen LogP contribution in [0.5, 0.6) is 5.75 Å². The fraction of sp³-hybridized carbons (Fsp3) is 0.368. The fourth-order valence-corrected chi connectivity index (χ4v) is 3.11. The number of aromatic hydroxyl groups is 1. The van der Waals surface area contributed by atoms with Crippen molar-refractivity contribution in [2.75, 3.05) is 6.54 Å². The lowest BCUT2D eigenvalue weighted by atomic mass is 9.97. The number of fused-ring (bicyclic) bond motifs is 1. The van der Waals surface area contributed by atoms with Gasteiger partial charge in [-0.3, -0.25) is 4.90 Å². The number of hydrogen-bond donors (Lipinski definition) is 1. The normalized spacial score (nSPS) is 16.4. The van der Waals surface area contributed by atoms with Crippen molar-refractivity contribution in [2.45, 2.75) is 38.8 Å². The molecule has 1 N–H and O–H groups in total. The van der Waals surface area contributed by atoms with E-state index in [1.807, 2.05) is 12.1 Å². The third-order valence-corrected chi connectivity index (χ3v) is 4.57. The van der Waals surface area contributed by atoms with Gasteiger partial charge in [0, 0.05) is 19.1 Å². The van der Waals surface area contributed by atoms with Gasteiger partial charge in [-0.05, 0) is 55.0 Å². The second kappa shape index (κ2) is 6.31. The molecule has 2 aromatic rings. The number of aryl methyl sites for hydroxylation is 1. The molecule has 1 atom stereocenters. The standard InChI is InChI=1S/C19H23NO/c1-15(6-7-16-8-10-19(21)11-9-16)20-13-12-17-4-2-3-5-18(17)14-20/h2-5,8-11,15,21H,6-7,12-14H2,1H3/t15-/m1/s1. The average Bonchev–Trinajstić information content (AvgIpc) is 2.53. The Labute approximate surface area is 127 Å². The first kappa shape index (κ1) is 14.2. The molecule has 0 amide bonds. The summed E-state index contributed by atoms with van der Waals surface area (Å²) in [5.41, 5.74) is 4.30. The Hall–Kier alpha value is -1.80. The lowest BCUT2D eigenvalue weighted by molar-refractivity contribution is 0.182. The van der Waals surface area contributed by atoms with Crippen LogP contribution in [0.1, 0.15) is 30.0 Å². The Bertz CT molecular complexity index is 591. The van der Waals surface area contributed by atoms with Crippen LogP contribution in [0.4, 0.5) is 0 Å². The van der Waals surface area contributed by atoms with E-state index >= 15 is 0 Å². The van der Waals surface area contributed by atoms with E-state index in [0.29, 0.717) is 11.8 Å². The Morgan fingerprint density at radius 3 is 2.52 bits per heavy atom. The largest absolute Gasteiger partial charge is 0.508 e. The summed E-state index contributed by atoms with van der Waals surface area (Å²) in [6.07, 6.45) is 3.40. The summed E-state index contributed by atoms with van der Waals surface area (Å²) in [5.74, 6) is 0.347. The summed E-state index contributed by atoms with van der Waals surface area (Å²) in [7, 11) is 0. The van der Waals surface area contributed by atoms with Crippen molar-refractivity contribution < 1.29 is 5.11 Å². The molecule has 0 saturated carbocycles. The van der Waals surface area contributed by atoms with Crippen molar-refractivity contribution in [3.05, 3.63) is 65.2 Å². The Kier molecular flexibility index (Phi) is 4.26. The number of rotatable bonds is 4. The minimum absolute atomic E-state index is 0.347. The van der Waals surface area contributed by atoms with Gasteiger partial charge in [0.05, 0.1) is 0 Å². The summed E-state index contributed by atoms with van der Waals surface area (Å²) >= 11 is 0. The highest BCUT2D eigenvalue weighted by molar-refractivity contribution is 5.29. The highest BCUT2D eigenvalue weighted by Crippen LogP contribution is 2.22. The zero-order chi connectivity index (χ0) is 14.7. The van der Waals surface area contributed by atoms with E-state index in [-0.39, 0.29) is 0 Å². The average molecular weight is 281 g/mol. The third-order valence-electron chi connectivity index (χ3n) is 4.57. The molecular weight excluding hydrogens is 258 g/mol. The predicted octanol–water partition coefficient (Wildman–Crippen LogP) is 3.77. The van der Waals surface area contributed by atoms with E-state index in [1.54, 1.807) is 12.1 Å². The molecule has 0 saturated heterocycles. The van der Waals surface area contributed by atoms with Crippen molar-refractivity contribution in [3.63, 3.8) is 0 Å². The molecule has 1 aliphatic rings. The van der Waals surface area contributed by atoms with Gasteiger partial charge < -0.3 is 5.11 Å². The zero-order valence-electron chi connectivity index (χ0n) is 12.6. The highest BCUT2D eigenvalue weighted by Gasteiger charge is 2.19. The maximum absolute atomic E-state index is 9.32. The number of nitrogens with zero attached hydrogens (tertiary/aromatic N) is 1. The van der Waals surface area contributed by atoms with Gasteiger partial charge in [0.2, 0.25) is 0 Å². The smallest absolute Gasteiger partial charge is 0.115 e. The molecule has 0 bridgehead atoms. The van der Waals surface area contributed by atoms with Crippen LogP contribution in [0.25, 0.3) is 0 Å². The van der Waals surface area contributed by atoms with Gasteiger partial charge in [-0.15, -0.1) is 0 Å². The van der Waals surface area contributed by atoms with Gasteiger partial charge in [-0.25, -0.2) is 0 Å². The van der Waals surface area contributed by atoms with E-state index in [9.17, 15) is 5.11 Å². The first-order valence-corrected chi connectivity index (χ1v) is 7.81. The van der Waals surface area contributed by atoms with E-state index in [1.165, 1.54) is 23.1 Å². The Morgan fingerprint density at radius 1 is 1.05 bits per heavy atom. The molecule has 2 aromatic carbocycles. The van der Waals surface area contributed by atoms with Crippen LogP contribution in [0, 0.1) is 0 Å². The van der Waals surface area contributed by atoms with Crippen LogP contribution in [0.2, 0.25) is 0 Å². The van der Waals surface area contributed by atoms with E-state index in [2.05, 4.69) is 36.1 Å². The van der Waals surface area contributed by atoms with Crippen LogP contribution in [0.15, 0.2) is 48.5 Å². The van der Waals surface area contributed by atoms with E-state index in [0.717, 1.165) is 25.9 Å². The van der Waals surface area contributed by atoms with Gasteiger partial charge in [0.15, 0.2) is 0 Å². The number of benzene rings is 2. The van der Waals surface area contributed by atoms with Crippen molar-refractivity contribution in [1.29, 1.82) is 0 Å². The molecule has 0 spiro atoms. The second-order valence-corrected chi connectivity index (χ2v) is 6.04. The van der Waals surface area contributed by atoms with Crippen LogP contribution < -0.4 is 0 Å². The van der Waals surface area contributed by atoms with Crippen molar-refractivity contribution in [3.8, 4) is 5.75 Å². The minimum atomic E-state index is 0.347. The summed E-state index contributed by atoms with van der Waals surface area (Å²) in [4.78, 5) is 2.59. The van der Waals surface area contributed by atoms with Crippen LogP contribution in [-0.4, -0.2) is 22.6 Å². The molecule has 0 radical (unpaired) electrons. The fourth-order valence-electron chi connectivity index (χ4n) is 3.11. The number of phenols is 1. The van der Waals surface area contributed by atoms with E-state index in [4.69, 9.17) is 0 Å². The molecule has 1 aliphatic heterocycles. The summed E-state index contributed by atoms with van der Waals surface area (Å²) < 4.78 is 0. The van der Waals surface area contributed by atoms with Gasteiger partial charge in [-0.1, -0.05) is 36.4 Å². The van der Waals surface area contributed by atoms with Gasteiger partial charge in [0.25, 0.3) is 0 Å². The highest BCUT2D eigenvalue weighted by atomic mass is 16.3. The minimum Gasteiger partial charge on any atom is -0.508 e. The first-order chi connectivity index (χ1) is 10.2. The molecule has 3 rings (SSSR count). The number of phenolic OH excluding ortho intramolecular Hbond substituents is 1. The van der Waals surface area contributed by atoms with Crippen LogP contribution >= 0.6 is 0 Å². The van der Waals surface area contributed by atoms with Crippen molar-refractivity contribution in [2.24, 2.45) is 0 Å². The molecule has 2 nitrogen and oxygen atoms in total. The molecular formula is C19H23NO. The first-order valence-electron chi connectivity index (χ1n) is 7.81. The third kappa shape index (κ3) is 3.45. The SMILES string of the molecule is C[C@H](CCc1ccc(O)cc1)N1CCc2ccccc2C1. The Balaban J connectivity index is 1.57. The second-order valence-electron chi connectivity index (χ2n) is 6.04. The monoisotopic (exact) mass is 281 g/mol. The predicted molar refractivity (Wildman–Crippen MR) is 86.4 cm³/mol. The molecule has 1 heterocycles. The maximum Gasteiger partial charge on any atom is 0.115 e. The lowest BCUT2D eigenvalue weighted by Crippen LogP contribution is -2.37. The van der Waals surface area contributed by atoms with Gasteiger partial charge >= 0.3 is 0 Å². The van der Waals surface area contributed by atoms with Gasteiger partial charge in [-0.2, -0.15) is 0 Å². The molecule has 0 fully saturated rings. The lowest BCUT2D eigenvalue weighted by Gasteiger charge is -2.33. The summed E-state index contributed by atoms with van der Waals surface area (Å²) in [6, 6.07) is 17.0. The van der Waals surface area contributed by atoms with Gasteiger partial charge in [0.1, 0.15) is 5.75 Å². The van der Waals surface area contributed by atoms with Crippen molar-refractivity contribution in [1.82, 2.24) is 4.90 Å². The van der Waals surface area contributed by atoms with E-state index < -0.39 is 0 Å². The molecule has 0 aliphatic carbocycles. The van der Waals surface area contributed by atoms with Crippen molar-refractivity contribution >= 4 is 0 Å². The number of hydrogen-bond acceptors (Lipinski definition) is 2. The molecule has 2 heteroatoms. The molecule has 110 valence electrons. The molecule has 21 heavy (non-hydrogen) atoms. The quantitative estimate of drug-likeness (QED) is 0.922. The summed E-state index contributed by atoms with van der Waals surface area (Å²) in [5, 5.41) is 9.32. The molecule has 0 unspecified atom stereocenters. The maximum atomic E-state index is 9.32.